The third kappa shape index (κ3) is 5.98. The molecule has 0 fully saturated rings. The van der Waals surface area contributed by atoms with Crippen LogP contribution in [0.15, 0.2) is 59.7 Å². The van der Waals surface area contributed by atoms with Gasteiger partial charge in [0.2, 0.25) is 0 Å². The number of hydrogen-bond donors (Lipinski definition) is 2. The molecule has 0 saturated heterocycles. The maximum absolute atomic E-state index is 12.5. The van der Waals surface area contributed by atoms with E-state index in [0.717, 1.165) is 40.8 Å². The van der Waals surface area contributed by atoms with Crippen molar-refractivity contribution < 1.29 is 23.9 Å². The summed E-state index contributed by atoms with van der Waals surface area (Å²) < 4.78 is 10.9. The fourth-order valence-corrected chi connectivity index (χ4v) is 5.13. The van der Waals surface area contributed by atoms with Crippen molar-refractivity contribution in [3.05, 3.63) is 81.7 Å². The number of amides is 2. The van der Waals surface area contributed by atoms with Gasteiger partial charge in [0.25, 0.3) is 0 Å². The lowest BCUT2D eigenvalue weighted by Gasteiger charge is -2.08. The number of nitrogens with zero attached hydrogens (tertiary/aromatic N) is 1. The number of esters is 1. The molecule has 2 amide bonds. The molecule has 1 heterocycles. The number of nitrogens with one attached hydrogen (secondary N) is 2. The number of rotatable bonds is 8. The molecule has 0 radical (unpaired) electrons. The molecule has 9 heteroatoms. The van der Waals surface area contributed by atoms with E-state index in [1.165, 1.54) is 11.3 Å². The van der Waals surface area contributed by atoms with E-state index in [2.05, 4.69) is 15.8 Å². The molecule has 0 bridgehead atoms. The summed E-state index contributed by atoms with van der Waals surface area (Å²) in [6.07, 6.45) is 2.55. The number of fused-ring (bicyclic) bond motifs is 1. The number of thiophene rings is 1. The molecule has 1 aromatic heterocycles. The third-order valence-corrected chi connectivity index (χ3v) is 6.89. The quantitative estimate of drug-likeness (QED) is 0.203. The lowest BCUT2D eigenvalue weighted by atomic mass is 10.1. The molecular weight excluding hydrogens is 478 g/mol. The van der Waals surface area contributed by atoms with Crippen molar-refractivity contribution in [3.63, 3.8) is 0 Å². The molecule has 0 spiro atoms. The first-order chi connectivity index (χ1) is 17.5. The van der Waals surface area contributed by atoms with Crippen molar-refractivity contribution in [1.82, 2.24) is 5.43 Å². The zero-order valence-corrected chi connectivity index (χ0v) is 20.9. The average molecular weight is 506 g/mol. The number of ether oxygens (including phenoxy) is 2. The van der Waals surface area contributed by atoms with Crippen LogP contribution < -0.4 is 15.5 Å². The second kappa shape index (κ2) is 11.6. The van der Waals surface area contributed by atoms with Crippen LogP contribution in [-0.2, 0) is 33.8 Å². The predicted octanol–water partition coefficient (Wildman–Crippen LogP) is 4.47. The van der Waals surface area contributed by atoms with Crippen molar-refractivity contribution in [3.8, 4) is 5.75 Å². The Bertz CT molecular complexity index is 1280. The molecule has 2 N–H and O–H groups in total. The molecule has 3 aromatic rings. The summed E-state index contributed by atoms with van der Waals surface area (Å²) in [7, 11) is 0. The normalized spacial score (nSPS) is 12.6. The molecule has 0 unspecified atom stereocenters. The zero-order valence-electron chi connectivity index (χ0n) is 20.1. The number of aryl methyl sites for hydroxylation is 1. The maximum atomic E-state index is 12.5. The molecule has 4 rings (SSSR count). The van der Waals surface area contributed by atoms with Crippen molar-refractivity contribution in [2.75, 3.05) is 11.9 Å². The Morgan fingerprint density at radius 3 is 2.47 bits per heavy atom. The van der Waals surface area contributed by atoms with E-state index in [4.69, 9.17) is 9.47 Å². The monoisotopic (exact) mass is 505 g/mol. The van der Waals surface area contributed by atoms with Crippen LogP contribution in [0.4, 0.5) is 5.00 Å². The summed E-state index contributed by atoms with van der Waals surface area (Å²) >= 11 is 1.31. The van der Waals surface area contributed by atoms with Crippen molar-refractivity contribution >= 4 is 39.8 Å². The molecule has 0 aliphatic heterocycles. The van der Waals surface area contributed by atoms with Gasteiger partial charge in [-0.2, -0.15) is 5.10 Å². The van der Waals surface area contributed by atoms with Crippen LogP contribution in [0.2, 0.25) is 0 Å². The van der Waals surface area contributed by atoms with Gasteiger partial charge in [0, 0.05) is 4.88 Å². The van der Waals surface area contributed by atoms with E-state index in [1.54, 1.807) is 13.8 Å². The maximum Gasteiger partial charge on any atom is 0.341 e. The first-order valence-corrected chi connectivity index (χ1v) is 12.5. The highest BCUT2D eigenvalue weighted by molar-refractivity contribution is 7.17. The van der Waals surface area contributed by atoms with Gasteiger partial charge in [-0.05, 0) is 74.1 Å². The number of anilines is 1. The van der Waals surface area contributed by atoms with E-state index >= 15 is 0 Å². The first-order valence-electron chi connectivity index (χ1n) is 11.7. The fourth-order valence-electron chi connectivity index (χ4n) is 3.85. The first kappa shape index (κ1) is 25.1. The Kier molecular flexibility index (Phi) is 8.12. The Hall–Kier alpha value is -3.98. The fraction of sp³-hybridized carbons (Fsp3) is 0.259. The topological polar surface area (TPSA) is 106 Å². The summed E-state index contributed by atoms with van der Waals surface area (Å²) in [5.41, 5.74) is 5.89. The van der Waals surface area contributed by atoms with Crippen LogP contribution in [0.3, 0.4) is 0 Å². The number of hydrogen-bond acceptors (Lipinski definition) is 7. The van der Waals surface area contributed by atoms with Crippen LogP contribution in [0, 0.1) is 0 Å². The largest absolute Gasteiger partial charge is 0.489 e. The van der Waals surface area contributed by atoms with Gasteiger partial charge < -0.3 is 14.8 Å². The second-order valence-electron chi connectivity index (χ2n) is 8.17. The number of hydrazone groups is 1. The molecule has 1 aliphatic rings. The number of benzene rings is 2. The average Bonchev–Trinajstić information content (AvgIpc) is 3.47. The molecule has 186 valence electrons. The van der Waals surface area contributed by atoms with Crippen LogP contribution in [0.1, 0.15) is 52.2 Å². The highest BCUT2D eigenvalue weighted by Gasteiger charge is 2.29. The smallest absolute Gasteiger partial charge is 0.341 e. The van der Waals surface area contributed by atoms with E-state index < -0.39 is 17.8 Å². The van der Waals surface area contributed by atoms with Gasteiger partial charge >= 0.3 is 17.8 Å². The molecule has 36 heavy (non-hydrogen) atoms. The minimum atomic E-state index is -0.930. The minimum absolute atomic E-state index is 0.228. The third-order valence-electron chi connectivity index (χ3n) is 5.68. The van der Waals surface area contributed by atoms with E-state index in [0.29, 0.717) is 28.6 Å². The summed E-state index contributed by atoms with van der Waals surface area (Å²) in [6.45, 7) is 4.14. The van der Waals surface area contributed by atoms with Gasteiger partial charge in [-0.25, -0.2) is 10.2 Å². The lowest BCUT2D eigenvalue weighted by molar-refractivity contribution is -0.136. The highest BCUT2D eigenvalue weighted by atomic mass is 32.1. The molecule has 0 saturated carbocycles. The van der Waals surface area contributed by atoms with Gasteiger partial charge in [-0.15, -0.1) is 11.3 Å². The molecule has 1 aliphatic carbocycles. The van der Waals surface area contributed by atoms with Gasteiger partial charge in [0.05, 0.1) is 17.9 Å². The predicted molar refractivity (Wildman–Crippen MR) is 138 cm³/mol. The van der Waals surface area contributed by atoms with Crippen LogP contribution in [-0.4, -0.2) is 30.1 Å². The summed E-state index contributed by atoms with van der Waals surface area (Å²) in [5, 5.41) is 6.94. The highest BCUT2D eigenvalue weighted by Crippen LogP contribution is 2.39. The van der Waals surface area contributed by atoms with Gasteiger partial charge in [0.15, 0.2) is 0 Å². The van der Waals surface area contributed by atoms with Crippen LogP contribution in [0.25, 0.3) is 0 Å². The number of carbonyl (C=O) groups excluding carboxylic acids is 3. The second-order valence-corrected chi connectivity index (χ2v) is 9.28. The van der Waals surface area contributed by atoms with Gasteiger partial charge in [-0.3, -0.25) is 9.59 Å². The molecule has 0 atom stereocenters. The molecular formula is C27H27N3O5S. The Labute approximate surface area is 213 Å². The van der Waals surface area contributed by atoms with Crippen molar-refractivity contribution in [2.45, 2.75) is 39.7 Å². The molecule has 2 aromatic carbocycles. The Morgan fingerprint density at radius 1 is 1.00 bits per heavy atom. The van der Waals surface area contributed by atoms with E-state index in [-0.39, 0.29) is 6.61 Å². The Morgan fingerprint density at radius 2 is 1.75 bits per heavy atom. The summed E-state index contributed by atoms with van der Waals surface area (Å²) in [4.78, 5) is 38.4. The Balaban J connectivity index is 1.35. The number of carbonyl (C=O) groups is 3. The SMILES string of the molecule is CCOC(=O)c1c(NC(=O)C(=O)NN=C(C)c2ccc(OCc3ccccc3)cc2)sc2c1CCC2. The van der Waals surface area contributed by atoms with Crippen molar-refractivity contribution in [2.24, 2.45) is 5.10 Å². The molecule has 8 nitrogen and oxygen atoms in total. The van der Waals surface area contributed by atoms with Crippen LogP contribution in [0.5, 0.6) is 5.75 Å². The minimum Gasteiger partial charge on any atom is -0.489 e. The zero-order chi connectivity index (χ0) is 25.5. The summed E-state index contributed by atoms with van der Waals surface area (Å²) in [5.74, 6) is -1.61. The van der Waals surface area contributed by atoms with Gasteiger partial charge in [0.1, 0.15) is 17.4 Å². The standard InChI is InChI=1S/C27H27N3O5S/c1-3-34-27(33)23-21-10-7-11-22(21)36-26(23)28-24(31)25(32)30-29-17(2)19-12-14-20(15-13-19)35-16-18-8-5-4-6-9-18/h4-6,8-9,12-15H,3,7,10-11,16H2,1-2H3,(H,28,31)(H,30,32). The van der Waals surface area contributed by atoms with Crippen LogP contribution >= 0.6 is 11.3 Å². The van der Waals surface area contributed by atoms with E-state index in [9.17, 15) is 14.4 Å². The van der Waals surface area contributed by atoms with E-state index in [1.807, 2.05) is 54.6 Å². The lowest BCUT2D eigenvalue weighted by Crippen LogP contribution is -2.33. The summed E-state index contributed by atoms with van der Waals surface area (Å²) in [6, 6.07) is 17.1. The van der Waals surface area contributed by atoms with Gasteiger partial charge in [-0.1, -0.05) is 30.3 Å². The van der Waals surface area contributed by atoms with Crippen molar-refractivity contribution in [1.29, 1.82) is 0 Å².